The molecule has 15 heavy (non-hydrogen) atoms. The smallest absolute Gasteiger partial charge is 0.251 e. The number of rotatable bonds is 2. The van der Waals surface area contributed by atoms with Crippen LogP contribution in [0.15, 0.2) is 23.0 Å². The summed E-state index contributed by atoms with van der Waals surface area (Å²) in [5.41, 5.74) is 1.46. The van der Waals surface area contributed by atoms with Crippen molar-refractivity contribution in [1.29, 1.82) is 0 Å². The van der Waals surface area contributed by atoms with Crippen molar-refractivity contribution in [2.75, 3.05) is 0 Å². The molecule has 2 heterocycles. The number of hydrogen-bond donors (Lipinski definition) is 0. The second-order valence-electron chi connectivity index (χ2n) is 3.08. The van der Waals surface area contributed by atoms with Gasteiger partial charge in [0.25, 0.3) is 5.56 Å². The number of nitrogens with zero attached hydrogens (tertiary/aromatic N) is 3. The van der Waals surface area contributed by atoms with Crippen LogP contribution in [-0.2, 0) is 6.54 Å². The SMILES string of the molecule is Cc1cccc(=O)n1Cc1nnsc1Cl. The van der Waals surface area contributed by atoms with E-state index in [0.717, 1.165) is 17.2 Å². The molecule has 2 aromatic rings. The molecular weight excluding hydrogens is 234 g/mol. The lowest BCUT2D eigenvalue weighted by Gasteiger charge is -2.06. The van der Waals surface area contributed by atoms with Gasteiger partial charge in [-0.15, -0.1) is 5.10 Å². The molecule has 0 atom stereocenters. The average Bonchev–Trinajstić information content (AvgIpc) is 2.58. The first-order chi connectivity index (χ1) is 7.18. The van der Waals surface area contributed by atoms with E-state index in [-0.39, 0.29) is 5.56 Å². The highest BCUT2D eigenvalue weighted by atomic mass is 35.5. The fourth-order valence-electron chi connectivity index (χ4n) is 1.27. The summed E-state index contributed by atoms with van der Waals surface area (Å²) in [6, 6.07) is 5.12. The topological polar surface area (TPSA) is 47.8 Å². The molecule has 0 spiro atoms. The summed E-state index contributed by atoms with van der Waals surface area (Å²) in [5, 5.41) is 3.87. The summed E-state index contributed by atoms with van der Waals surface area (Å²) in [6.07, 6.45) is 0. The number of hydrogen-bond acceptors (Lipinski definition) is 4. The van der Waals surface area contributed by atoms with Crippen LogP contribution in [0, 0.1) is 6.92 Å². The third-order valence-corrected chi connectivity index (χ3v) is 3.07. The minimum absolute atomic E-state index is 0.0564. The third kappa shape index (κ3) is 2.08. The molecule has 0 bridgehead atoms. The second kappa shape index (κ2) is 4.12. The molecule has 4 nitrogen and oxygen atoms in total. The van der Waals surface area contributed by atoms with Crippen molar-refractivity contribution in [3.05, 3.63) is 44.3 Å². The average molecular weight is 242 g/mol. The molecule has 0 saturated carbocycles. The zero-order valence-corrected chi connectivity index (χ0v) is 9.55. The minimum Gasteiger partial charge on any atom is -0.307 e. The summed E-state index contributed by atoms with van der Waals surface area (Å²) < 4.78 is 5.87. The van der Waals surface area contributed by atoms with E-state index in [4.69, 9.17) is 11.6 Å². The van der Waals surface area contributed by atoms with Gasteiger partial charge in [-0.1, -0.05) is 22.2 Å². The normalized spacial score (nSPS) is 10.5. The third-order valence-electron chi connectivity index (χ3n) is 2.09. The predicted octanol–water partition coefficient (Wildman–Crippen LogP) is 1.71. The number of aryl methyl sites for hydroxylation is 1. The monoisotopic (exact) mass is 241 g/mol. The molecule has 0 radical (unpaired) electrons. The lowest BCUT2D eigenvalue weighted by molar-refractivity contribution is 0.710. The van der Waals surface area contributed by atoms with Gasteiger partial charge in [-0.2, -0.15) is 0 Å². The first kappa shape index (κ1) is 10.3. The van der Waals surface area contributed by atoms with E-state index >= 15 is 0 Å². The molecule has 0 saturated heterocycles. The van der Waals surface area contributed by atoms with Crippen LogP contribution in [0.1, 0.15) is 11.4 Å². The molecule has 2 rings (SSSR count). The maximum absolute atomic E-state index is 11.6. The van der Waals surface area contributed by atoms with Crippen LogP contribution in [0.3, 0.4) is 0 Å². The van der Waals surface area contributed by atoms with Crippen LogP contribution in [0.2, 0.25) is 4.34 Å². The Morgan fingerprint density at radius 3 is 2.93 bits per heavy atom. The summed E-state index contributed by atoms with van der Waals surface area (Å²) in [5.74, 6) is 0. The van der Waals surface area contributed by atoms with E-state index in [9.17, 15) is 4.79 Å². The van der Waals surface area contributed by atoms with E-state index in [0.29, 0.717) is 16.6 Å². The Hall–Kier alpha value is -1.20. The summed E-state index contributed by atoms with van der Waals surface area (Å²) in [7, 11) is 0. The van der Waals surface area contributed by atoms with Crippen molar-refractivity contribution >= 4 is 23.1 Å². The van der Waals surface area contributed by atoms with Gasteiger partial charge in [-0.05, 0) is 13.0 Å². The van der Waals surface area contributed by atoms with E-state index < -0.39 is 0 Å². The lowest BCUT2D eigenvalue weighted by atomic mass is 10.3. The zero-order valence-electron chi connectivity index (χ0n) is 7.98. The van der Waals surface area contributed by atoms with Gasteiger partial charge in [-0.25, -0.2) is 0 Å². The molecule has 0 aliphatic heterocycles. The summed E-state index contributed by atoms with van der Waals surface area (Å²) in [4.78, 5) is 11.6. The van der Waals surface area contributed by atoms with Crippen LogP contribution < -0.4 is 5.56 Å². The van der Waals surface area contributed by atoms with E-state index in [1.165, 1.54) is 6.07 Å². The number of halogens is 1. The van der Waals surface area contributed by atoms with Gasteiger partial charge >= 0.3 is 0 Å². The number of pyridine rings is 1. The van der Waals surface area contributed by atoms with Gasteiger partial charge in [0.05, 0.1) is 6.54 Å². The Kier molecular flexibility index (Phi) is 2.83. The van der Waals surface area contributed by atoms with Gasteiger partial charge in [0.15, 0.2) is 0 Å². The van der Waals surface area contributed by atoms with Crippen molar-refractivity contribution in [2.24, 2.45) is 0 Å². The van der Waals surface area contributed by atoms with E-state index in [1.807, 2.05) is 13.0 Å². The summed E-state index contributed by atoms with van der Waals surface area (Å²) in [6.45, 7) is 2.25. The fraction of sp³-hybridized carbons (Fsp3) is 0.222. The first-order valence-corrected chi connectivity index (χ1v) is 5.47. The van der Waals surface area contributed by atoms with Crippen molar-refractivity contribution in [3.8, 4) is 0 Å². The van der Waals surface area contributed by atoms with Crippen LogP contribution in [-0.4, -0.2) is 14.2 Å². The molecule has 0 aliphatic carbocycles. The molecule has 0 unspecified atom stereocenters. The predicted molar refractivity (Wildman–Crippen MR) is 59.5 cm³/mol. The van der Waals surface area contributed by atoms with Crippen molar-refractivity contribution in [3.63, 3.8) is 0 Å². The summed E-state index contributed by atoms with van der Waals surface area (Å²) >= 11 is 7.00. The molecule has 0 aliphatic rings. The zero-order chi connectivity index (χ0) is 10.8. The molecule has 6 heteroatoms. The maximum atomic E-state index is 11.6. The largest absolute Gasteiger partial charge is 0.307 e. The van der Waals surface area contributed by atoms with Gasteiger partial charge in [-0.3, -0.25) is 4.79 Å². The highest BCUT2D eigenvalue weighted by Crippen LogP contribution is 2.17. The van der Waals surface area contributed by atoms with E-state index in [2.05, 4.69) is 9.59 Å². The molecule has 2 aromatic heterocycles. The highest BCUT2D eigenvalue weighted by Gasteiger charge is 2.08. The lowest BCUT2D eigenvalue weighted by Crippen LogP contribution is -2.21. The van der Waals surface area contributed by atoms with E-state index in [1.54, 1.807) is 10.6 Å². The fourth-order valence-corrected chi connectivity index (χ4v) is 1.88. The minimum atomic E-state index is -0.0564. The Morgan fingerprint density at radius 1 is 1.53 bits per heavy atom. The molecule has 0 aromatic carbocycles. The Labute approximate surface area is 95.3 Å². The molecular formula is C9H8ClN3OS. The molecule has 0 N–H and O–H groups in total. The van der Waals surface area contributed by atoms with Crippen molar-refractivity contribution in [2.45, 2.75) is 13.5 Å². The molecule has 78 valence electrons. The Morgan fingerprint density at radius 2 is 2.33 bits per heavy atom. The van der Waals surface area contributed by atoms with Crippen LogP contribution in [0.4, 0.5) is 0 Å². The van der Waals surface area contributed by atoms with Crippen LogP contribution in [0.5, 0.6) is 0 Å². The van der Waals surface area contributed by atoms with Gasteiger partial charge in [0.1, 0.15) is 10.0 Å². The van der Waals surface area contributed by atoms with Crippen molar-refractivity contribution < 1.29 is 0 Å². The van der Waals surface area contributed by atoms with Gasteiger partial charge < -0.3 is 4.57 Å². The van der Waals surface area contributed by atoms with Gasteiger partial charge in [0.2, 0.25) is 0 Å². The molecule has 0 fully saturated rings. The second-order valence-corrected chi connectivity index (χ2v) is 4.44. The Balaban J connectivity index is 2.41. The standard InChI is InChI=1S/C9H8ClN3OS/c1-6-3-2-4-8(14)13(6)5-7-9(10)15-12-11-7/h2-4H,5H2,1H3. The maximum Gasteiger partial charge on any atom is 0.251 e. The highest BCUT2D eigenvalue weighted by molar-refractivity contribution is 7.10. The number of aromatic nitrogens is 3. The van der Waals surface area contributed by atoms with Gasteiger partial charge in [0, 0.05) is 23.3 Å². The van der Waals surface area contributed by atoms with Crippen LogP contribution >= 0.6 is 23.1 Å². The Bertz CT molecular complexity index is 534. The van der Waals surface area contributed by atoms with Crippen molar-refractivity contribution in [1.82, 2.24) is 14.2 Å². The molecule has 0 amide bonds. The quantitative estimate of drug-likeness (QED) is 0.804. The van der Waals surface area contributed by atoms with Crippen LogP contribution in [0.25, 0.3) is 0 Å². The first-order valence-electron chi connectivity index (χ1n) is 4.31.